The Balaban J connectivity index is 1.95. The number of rotatable bonds is 13. The molecular formula is C30H37N3O5S. The smallest absolute Gasteiger partial charge is 0.264 e. The standard InChI is InChI=1S/C30H37N3O5S/c1-23(2)21-31-30(35)24(3)32(20-19-25-11-7-5-8-12-25)29(34)22-33(26-15-17-27(38-4)18-16-26)39(36,37)28-13-9-6-10-14-28/h5-18,23-24H,19-22H2,1-4H3,(H,31,35)/t24-/m1/s1. The van der Waals surface area contributed by atoms with Crippen LogP contribution in [-0.2, 0) is 26.0 Å². The molecule has 0 aromatic heterocycles. The van der Waals surface area contributed by atoms with Crippen molar-refractivity contribution < 1.29 is 22.7 Å². The number of hydrogen-bond acceptors (Lipinski definition) is 5. The van der Waals surface area contributed by atoms with E-state index in [4.69, 9.17) is 4.74 Å². The lowest BCUT2D eigenvalue weighted by Gasteiger charge is -2.32. The highest BCUT2D eigenvalue weighted by molar-refractivity contribution is 7.92. The minimum Gasteiger partial charge on any atom is -0.497 e. The molecule has 8 nitrogen and oxygen atoms in total. The van der Waals surface area contributed by atoms with Gasteiger partial charge in [-0.25, -0.2) is 8.42 Å². The molecule has 0 aliphatic carbocycles. The van der Waals surface area contributed by atoms with E-state index in [0.29, 0.717) is 24.4 Å². The van der Waals surface area contributed by atoms with E-state index in [2.05, 4.69) is 5.32 Å². The number of benzene rings is 3. The number of anilines is 1. The van der Waals surface area contributed by atoms with Crippen LogP contribution in [0, 0.1) is 5.92 Å². The van der Waals surface area contributed by atoms with Gasteiger partial charge >= 0.3 is 0 Å². The molecule has 1 atom stereocenters. The van der Waals surface area contributed by atoms with Crippen LogP contribution in [0.2, 0.25) is 0 Å². The fourth-order valence-corrected chi connectivity index (χ4v) is 5.45. The maximum atomic E-state index is 13.8. The third-order valence-corrected chi connectivity index (χ3v) is 8.09. The molecule has 3 rings (SSSR count). The van der Waals surface area contributed by atoms with E-state index in [-0.39, 0.29) is 23.3 Å². The van der Waals surface area contributed by atoms with Crippen LogP contribution in [0.3, 0.4) is 0 Å². The minimum atomic E-state index is -4.09. The molecule has 0 aliphatic heterocycles. The molecular weight excluding hydrogens is 514 g/mol. The third-order valence-electron chi connectivity index (χ3n) is 6.31. The maximum absolute atomic E-state index is 13.8. The van der Waals surface area contributed by atoms with Gasteiger partial charge in [-0.15, -0.1) is 0 Å². The summed E-state index contributed by atoms with van der Waals surface area (Å²) in [7, 11) is -2.57. The van der Waals surface area contributed by atoms with Crippen LogP contribution in [0.5, 0.6) is 5.75 Å². The maximum Gasteiger partial charge on any atom is 0.264 e. The Morgan fingerprint density at radius 2 is 1.46 bits per heavy atom. The van der Waals surface area contributed by atoms with Gasteiger partial charge in [-0.05, 0) is 61.2 Å². The lowest BCUT2D eigenvalue weighted by atomic mass is 10.1. The number of hydrogen-bond donors (Lipinski definition) is 1. The van der Waals surface area contributed by atoms with E-state index in [1.165, 1.54) is 24.1 Å². The van der Waals surface area contributed by atoms with Crippen molar-refractivity contribution in [1.29, 1.82) is 0 Å². The highest BCUT2D eigenvalue weighted by atomic mass is 32.2. The van der Waals surface area contributed by atoms with E-state index in [1.807, 2.05) is 44.2 Å². The summed E-state index contributed by atoms with van der Waals surface area (Å²) in [4.78, 5) is 28.4. The molecule has 0 unspecified atom stereocenters. The van der Waals surface area contributed by atoms with Gasteiger partial charge in [-0.1, -0.05) is 62.4 Å². The van der Waals surface area contributed by atoms with Gasteiger partial charge in [0.15, 0.2) is 0 Å². The Hall–Kier alpha value is -3.85. The van der Waals surface area contributed by atoms with Crippen molar-refractivity contribution in [1.82, 2.24) is 10.2 Å². The van der Waals surface area contributed by atoms with Crippen molar-refractivity contribution in [3.8, 4) is 5.75 Å². The first-order chi connectivity index (χ1) is 18.6. The van der Waals surface area contributed by atoms with Crippen LogP contribution in [-0.4, -0.2) is 57.9 Å². The van der Waals surface area contributed by atoms with Gasteiger partial charge in [0.05, 0.1) is 17.7 Å². The Kier molecular flexibility index (Phi) is 10.5. The van der Waals surface area contributed by atoms with E-state index in [9.17, 15) is 18.0 Å². The fraction of sp³-hybridized carbons (Fsp3) is 0.333. The van der Waals surface area contributed by atoms with Gasteiger partial charge in [-0.2, -0.15) is 0 Å². The Morgan fingerprint density at radius 1 is 0.872 bits per heavy atom. The Morgan fingerprint density at radius 3 is 2.03 bits per heavy atom. The van der Waals surface area contributed by atoms with Crippen LogP contribution in [0.1, 0.15) is 26.3 Å². The topological polar surface area (TPSA) is 96.0 Å². The second-order valence-electron chi connectivity index (χ2n) is 9.66. The number of nitrogens with zero attached hydrogens (tertiary/aromatic N) is 2. The first-order valence-electron chi connectivity index (χ1n) is 13.0. The number of methoxy groups -OCH3 is 1. The number of ether oxygens (including phenoxy) is 1. The summed E-state index contributed by atoms with van der Waals surface area (Å²) in [6.45, 7) is 5.90. The molecule has 0 fully saturated rings. The molecule has 1 N–H and O–H groups in total. The molecule has 3 aromatic carbocycles. The third kappa shape index (κ3) is 8.07. The zero-order valence-corrected chi connectivity index (χ0v) is 23.7. The van der Waals surface area contributed by atoms with Crippen molar-refractivity contribution in [2.75, 3.05) is 31.0 Å². The highest BCUT2D eigenvalue weighted by Gasteiger charge is 2.32. The number of carbonyl (C=O) groups is 2. The molecule has 208 valence electrons. The van der Waals surface area contributed by atoms with E-state index < -0.39 is 28.5 Å². The quantitative estimate of drug-likeness (QED) is 0.345. The van der Waals surface area contributed by atoms with Crippen molar-refractivity contribution >= 4 is 27.5 Å². The van der Waals surface area contributed by atoms with Gasteiger partial charge in [-0.3, -0.25) is 13.9 Å². The summed E-state index contributed by atoms with van der Waals surface area (Å²) < 4.78 is 33.8. The molecule has 39 heavy (non-hydrogen) atoms. The molecule has 0 bridgehead atoms. The minimum absolute atomic E-state index is 0.0622. The lowest BCUT2D eigenvalue weighted by molar-refractivity contribution is -0.138. The number of carbonyl (C=O) groups excluding carboxylic acids is 2. The number of nitrogens with one attached hydrogen (secondary N) is 1. The molecule has 0 spiro atoms. The average molecular weight is 552 g/mol. The lowest BCUT2D eigenvalue weighted by Crippen LogP contribution is -2.52. The summed E-state index contributed by atoms with van der Waals surface area (Å²) in [6, 6.07) is 23.3. The average Bonchev–Trinajstić information content (AvgIpc) is 2.95. The van der Waals surface area contributed by atoms with E-state index in [0.717, 1.165) is 9.87 Å². The van der Waals surface area contributed by atoms with Crippen molar-refractivity contribution in [2.45, 2.75) is 38.1 Å². The van der Waals surface area contributed by atoms with Crippen LogP contribution >= 0.6 is 0 Å². The van der Waals surface area contributed by atoms with Crippen LogP contribution in [0.15, 0.2) is 89.8 Å². The Bertz CT molecular complexity index is 1310. The molecule has 0 aliphatic rings. The fourth-order valence-electron chi connectivity index (χ4n) is 4.02. The summed E-state index contributed by atoms with van der Waals surface area (Å²) in [5, 5.41) is 2.89. The first kappa shape index (κ1) is 29.7. The van der Waals surface area contributed by atoms with Crippen molar-refractivity contribution in [3.63, 3.8) is 0 Å². The second-order valence-corrected chi connectivity index (χ2v) is 11.5. The van der Waals surface area contributed by atoms with Gasteiger partial charge in [0, 0.05) is 13.1 Å². The molecule has 3 aromatic rings. The van der Waals surface area contributed by atoms with Crippen LogP contribution in [0.25, 0.3) is 0 Å². The monoisotopic (exact) mass is 551 g/mol. The Labute approximate surface area is 231 Å². The van der Waals surface area contributed by atoms with Crippen LogP contribution in [0.4, 0.5) is 5.69 Å². The van der Waals surface area contributed by atoms with Gasteiger partial charge < -0.3 is 15.0 Å². The predicted octanol–water partition coefficient (Wildman–Crippen LogP) is 4.12. The molecule has 0 saturated carbocycles. The number of sulfonamides is 1. The first-order valence-corrected chi connectivity index (χ1v) is 14.4. The highest BCUT2D eigenvalue weighted by Crippen LogP contribution is 2.26. The molecule has 0 radical (unpaired) electrons. The van der Waals surface area contributed by atoms with Crippen LogP contribution < -0.4 is 14.4 Å². The largest absolute Gasteiger partial charge is 0.497 e. The summed E-state index contributed by atoms with van der Waals surface area (Å²) in [5.74, 6) is 0.0405. The van der Waals surface area contributed by atoms with Crippen molar-refractivity contribution in [3.05, 3.63) is 90.5 Å². The number of amides is 2. The zero-order valence-electron chi connectivity index (χ0n) is 22.9. The van der Waals surface area contributed by atoms with E-state index >= 15 is 0 Å². The molecule has 0 saturated heterocycles. The summed E-state index contributed by atoms with van der Waals surface area (Å²) >= 11 is 0. The molecule has 0 heterocycles. The second kappa shape index (κ2) is 13.8. The molecule has 2 amide bonds. The molecule has 9 heteroatoms. The summed E-state index contributed by atoms with van der Waals surface area (Å²) in [5.41, 5.74) is 1.32. The zero-order chi connectivity index (χ0) is 28.4. The predicted molar refractivity (Wildman–Crippen MR) is 153 cm³/mol. The summed E-state index contributed by atoms with van der Waals surface area (Å²) in [6.07, 6.45) is 0.516. The SMILES string of the molecule is COc1ccc(N(CC(=O)N(CCc2ccccc2)[C@H](C)C(=O)NCC(C)C)S(=O)(=O)c2ccccc2)cc1. The van der Waals surface area contributed by atoms with Gasteiger partial charge in [0.25, 0.3) is 10.0 Å². The normalized spacial score (nSPS) is 12.0. The van der Waals surface area contributed by atoms with Gasteiger partial charge in [0.1, 0.15) is 18.3 Å². The van der Waals surface area contributed by atoms with E-state index in [1.54, 1.807) is 49.4 Å². The van der Waals surface area contributed by atoms with Crippen molar-refractivity contribution in [2.24, 2.45) is 5.92 Å². The van der Waals surface area contributed by atoms with Gasteiger partial charge in [0.2, 0.25) is 11.8 Å².